The van der Waals surface area contributed by atoms with Crippen LogP contribution in [0.25, 0.3) is 0 Å². The number of halogens is 1. The molecule has 86 valence electrons. The molecule has 3 aliphatic heterocycles. The molecule has 1 amide bonds. The summed E-state index contributed by atoms with van der Waals surface area (Å²) in [5.74, 6) is 0.151. The highest BCUT2D eigenvalue weighted by atomic mass is 35.5. The molecule has 4 atom stereocenters. The predicted molar refractivity (Wildman–Crippen MR) is 58.1 cm³/mol. The minimum absolute atomic E-state index is 0. The van der Waals surface area contributed by atoms with Crippen LogP contribution in [0.4, 0.5) is 0 Å². The third kappa shape index (κ3) is 1.39. The third-order valence-corrected chi connectivity index (χ3v) is 3.94. The van der Waals surface area contributed by atoms with E-state index in [9.17, 15) is 4.79 Å². The molecule has 0 aromatic rings. The van der Waals surface area contributed by atoms with Crippen LogP contribution < -0.4 is 0 Å². The van der Waals surface area contributed by atoms with Crippen molar-refractivity contribution in [3.8, 4) is 0 Å². The van der Waals surface area contributed by atoms with Gasteiger partial charge >= 0.3 is 0 Å². The maximum absolute atomic E-state index is 11.3. The lowest BCUT2D eigenvalue weighted by Gasteiger charge is -2.26. The van der Waals surface area contributed by atoms with Gasteiger partial charge in [-0.1, -0.05) is 0 Å². The van der Waals surface area contributed by atoms with Crippen molar-refractivity contribution in [3.63, 3.8) is 0 Å². The number of carbonyl (C=O) groups excluding carboxylic acids is 1. The summed E-state index contributed by atoms with van der Waals surface area (Å²) < 4.78 is 5.90. The molecule has 4 nitrogen and oxygen atoms in total. The van der Waals surface area contributed by atoms with E-state index in [1.165, 1.54) is 0 Å². The van der Waals surface area contributed by atoms with Crippen LogP contribution in [0.2, 0.25) is 0 Å². The van der Waals surface area contributed by atoms with Crippen LogP contribution in [0.5, 0.6) is 0 Å². The second kappa shape index (κ2) is 3.61. The van der Waals surface area contributed by atoms with E-state index in [4.69, 9.17) is 4.74 Å². The number of hydrogen-bond acceptors (Lipinski definition) is 3. The summed E-state index contributed by atoms with van der Waals surface area (Å²) in [5.41, 5.74) is 0. The quantitative estimate of drug-likeness (QED) is 0.644. The number of morpholine rings is 1. The Labute approximate surface area is 96.0 Å². The van der Waals surface area contributed by atoms with Gasteiger partial charge in [0.15, 0.2) is 0 Å². The van der Waals surface area contributed by atoms with Crippen molar-refractivity contribution in [1.82, 2.24) is 9.80 Å². The molecule has 15 heavy (non-hydrogen) atoms. The van der Waals surface area contributed by atoms with Gasteiger partial charge in [0.25, 0.3) is 0 Å². The summed E-state index contributed by atoms with van der Waals surface area (Å²) in [6.45, 7) is 3.80. The smallest absolute Gasteiger partial charge is 0.219 e. The van der Waals surface area contributed by atoms with E-state index in [-0.39, 0.29) is 24.4 Å². The van der Waals surface area contributed by atoms with Crippen LogP contribution in [0.1, 0.15) is 13.3 Å². The van der Waals surface area contributed by atoms with Crippen LogP contribution in [0, 0.1) is 0 Å². The van der Waals surface area contributed by atoms with Crippen molar-refractivity contribution in [2.45, 2.75) is 37.6 Å². The Morgan fingerprint density at radius 2 is 2.20 bits per heavy atom. The lowest BCUT2D eigenvalue weighted by molar-refractivity contribution is -0.130. The molecule has 3 heterocycles. The van der Waals surface area contributed by atoms with E-state index in [1.807, 2.05) is 11.9 Å². The van der Waals surface area contributed by atoms with Crippen LogP contribution in [0.3, 0.4) is 0 Å². The topological polar surface area (TPSA) is 32.8 Å². The summed E-state index contributed by atoms with van der Waals surface area (Å²) in [6.07, 6.45) is 1.80. The first-order chi connectivity index (χ1) is 6.68. The summed E-state index contributed by atoms with van der Waals surface area (Å²) in [7, 11) is 1.90. The Balaban J connectivity index is 0.000000853. The van der Waals surface area contributed by atoms with Gasteiger partial charge in [0.1, 0.15) is 0 Å². The van der Waals surface area contributed by atoms with E-state index in [2.05, 4.69) is 4.90 Å². The van der Waals surface area contributed by atoms with E-state index in [1.54, 1.807) is 6.92 Å². The SMILES string of the molecule is CC(=O)N(C)C1C2CN3CCC(O2)C13.Cl. The maximum Gasteiger partial charge on any atom is 0.219 e. The highest BCUT2D eigenvalue weighted by Crippen LogP contribution is 2.41. The van der Waals surface area contributed by atoms with Crippen molar-refractivity contribution < 1.29 is 9.53 Å². The van der Waals surface area contributed by atoms with Crippen LogP contribution in [-0.4, -0.2) is 60.1 Å². The molecule has 0 spiro atoms. The lowest BCUT2D eigenvalue weighted by atomic mass is 10.1. The first kappa shape index (κ1) is 11.2. The minimum Gasteiger partial charge on any atom is -0.370 e. The average Bonchev–Trinajstić information content (AvgIpc) is 2.70. The summed E-state index contributed by atoms with van der Waals surface area (Å²) in [6, 6.07) is 0.786. The molecule has 3 fully saturated rings. The molecule has 0 aromatic carbocycles. The molecule has 0 N–H and O–H groups in total. The molecule has 2 bridgehead atoms. The molecule has 0 aliphatic carbocycles. The second-order valence-corrected chi connectivity index (χ2v) is 4.61. The van der Waals surface area contributed by atoms with Gasteiger partial charge in [-0.2, -0.15) is 0 Å². The number of hydrogen-bond donors (Lipinski definition) is 0. The van der Waals surface area contributed by atoms with Gasteiger partial charge in [0, 0.05) is 27.1 Å². The van der Waals surface area contributed by atoms with Gasteiger partial charge in [-0.3, -0.25) is 9.69 Å². The molecular weight excluding hydrogens is 216 g/mol. The molecule has 3 rings (SSSR count). The largest absolute Gasteiger partial charge is 0.370 e. The Hall–Kier alpha value is -0.320. The molecule has 3 saturated heterocycles. The van der Waals surface area contributed by atoms with Crippen molar-refractivity contribution in [3.05, 3.63) is 0 Å². The van der Waals surface area contributed by atoms with Gasteiger partial charge in [0.05, 0.1) is 24.3 Å². The van der Waals surface area contributed by atoms with E-state index < -0.39 is 0 Å². The van der Waals surface area contributed by atoms with Crippen LogP contribution >= 0.6 is 12.4 Å². The van der Waals surface area contributed by atoms with Crippen molar-refractivity contribution in [2.24, 2.45) is 0 Å². The number of rotatable bonds is 1. The Kier molecular flexibility index (Phi) is 2.69. The Morgan fingerprint density at radius 3 is 2.80 bits per heavy atom. The normalized spacial score (nSPS) is 41.7. The second-order valence-electron chi connectivity index (χ2n) is 4.61. The first-order valence-corrected chi connectivity index (χ1v) is 5.31. The number of nitrogens with zero attached hydrogens (tertiary/aromatic N) is 2. The average molecular weight is 233 g/mol. The number of ether oxygens (including phenoxy) is 1. The number of fused-ring (bicyclic) bond motifs is 1. The number of likely N-dealkylation sites (N-methyl/N-ethyl adjacent to an activating group) is 1. The zero-order chi connectivity index (χ0) is 9.87. The zero-order valence-corrected chi connectivity index (χ0v) is 9.87. The van der Waals surface area contributed by atoms with Crippen molar-refractivity contribution in [1.29, 1.82) is 0 Å². The van der Waals surface area contributed by atoms with E-state index in [0.717, 1.165) is 19.5 Å². The van der Waals surface area contributed by atoms with Gasteiger partial charge in [-0.05, 0) is 6.42 Å². The number of amides is 1. The van der Waals surface area contributed by atoms with E-state index in [0.29, 0.717) is 18.2 Å². The highest BCUT2D eigenvalue weighted by molar-refractivity contribution is 5.85. The number of carbonyl (C=O) groups is 1. The van der Waals surface area contributed by atoms with E-state index >= 15 is 0 Å². The molecule has 0 aromatic heterocycles. The maximum atomic E-state index is 11.3. The summed E-state index contributed by atoms with van der Waals surface area (Å²) in [5, 5.41) is 0. The molecule has 4 unspecified atom stereocenters. The molecule has 5 heteroatoms. The molecule has 3 aliphatic rings. The van der Waals surface area contributed by atoms with Gasteiger partial charge < -0.3 is 9.64 Å². The fourth-order valence-electron chi connectivity index (χ4n) is 3.24. The summed E-state index contributed by atoms with van der Waals surface area (Å²) >= 11 is 0. The van der Waals surface area contributed by atoms with Crippen LogP contribution in [0.15, 0.2) is 0 Å². The minimum atomic E-state index is 0. The van der Waals surface area contributed by atoms with Gasteiger partial charge in [-0.15, -0.1) is 12.4 Å². The Bertz CT molecular complexity index is 273. The standard InChI is InChI=1S/C10H16N2O2.ClH/c1-6(13)11(2)9-8-5-12-4-3-7(14-8)10(9)12;/h7-10H,3-5H2,1-2H3;1H. The molecule has 0 saturated carbocycles. The zero-order valence-electron chi connectivity index (χ0n) is 9.05. The lowest BCUT2D eigenvalue weighted by Crippen LogP contribution is -2.45. The van der Waals surface area contributed by atoms with Gasteiger partial charge in [-0.25, -0.2) is 0 Å². The molecule has 0 radical (unpaired) electrons. The fourth-order valence-corrected chi connectivity index (χ4v) is 3.24. The summed E-state index contributed by atoms with van der Waals surface area (Å²) in [4.78, 5) is 15.7. The third-order valence-electron chi connectivity index (χ3n) is 3.94. The Morgan fingerprint density at radius 1 is 1.47 bits per heavy atom. The molecular formula is C10H17ClN2O2. The van der Waals surface area contributed by atoms with Gasteiger partial charge in [0.2, 0.25) is 5.91 Å². The fraction of sp³-hybridized carbons (Fsp3) is 0.900. The predicted octanol–water partition coefficient (Wildman–Crippen LogP) is 0.110. The first-order valence-electron chi connectivity index (χ1n) is 5.31. The monoisotopic (exact) mass is 232 g/mol. The van der Waals surface area contributed by atoms with Crippen molar-refractivity contribution >= 4 is 18.3 Å². The highest BCUT2D eigenvalue weighted by Gasteiger charge is 2.58. The van der Waals surface area contributed by atoms with Crippen LogP contribution in [-0.2, 0) is 9.53 Å². The van der Waals surface area contributed by atoms with Crippen molar-refractivity contribution in [2.75, 3.05) is 20.1 Å².